The molecule has 1 aliphatic rings. The summed E-state index contributed by atoms with van der Waals surface area (Å²) in [6.07, 6.45) is -1.51. The zero-order chi connectivity index (χ0) is 7.72. The number of hydrogen-bond acceptors (Lipinski definition) is 4. The molecular formula is C6H14ClNO3. The van der Waals surface area contributed by atoms with E-state index in [1.807, 2.05) is 0 Å². The molecule has 0 radical (unpaired) electrons. The fourth-order valence-corrected chi connectivity index (χ4v) is 1.10. The summed E-state index contributed by atoms with van der Waals surface area (Å²) in [5, 5.41) is 18.2. The molecule has 0 saturated carbocycles. The van der Waals surface area contributed by atoms with E-state index < -0.39 is 12.4 Å². The molecule has 1 rings (SSSR count). The van der Waals surface area contributed by atoms with Crippen molar-refractivity contribution in [2.45, 2.75) is 37.9 Å². The molecule has 1 aliphatic heterocycles. The molecule has 68 valence electrons. The highest BCUT2D eigenvalue weighted by Gasteiger charge is 2.31. The number of ether oxygens (including phenoxy) is 1. The Morgan fingerprint density at radius 3 is 2.45 bits per heavy atom. The van der Waals surface area contributed by atoms with Gasteiger partial charge in [0, 0.05) is 12.5 Å². The Labute approximate surface area is 71.8 Å². The highest BCUT2D eigenvalue weighted by atomic mass is 35.5. The number of nitrogens with two attached hydrogens (primary N) is 1. The first-order valence-corrected chi connectivity index (χ1v) is 3.38. The molecule has 0 aromatic heterocycles. The van der Waals surface area contributed by atoms with Crippen molar-refractivity contribution in [3.63, 3.8) is 0 Å². The average molecular weight is 184 g/mol. The Morgan fingerprint density at radius 1 is 1.45 bits per heavy atom. The molecule has 5 heteroatoms. The van der Waals surface area contributed by atoms with E-state index in [-0.39, 0.29) is 24.6 Å². The first-order chi connectivity index (χ1) is 4.61. The molecule has 0 aromatic carbocycles. The first-order valence-electron chi connectivity index (χ1n) is 3.38. The molecule has 4 N–H and O–H groups in total. The van der Waals surface area contributed by atoms with E-state index in [1.165, 1.54) is 0 Å². The highest BCUT2D eigenvalue weighted by Crippen LogP contribution is 2.16. The summed E-state index contributed by atoms with van der Waals surface area (Å²) < 4.78 is 4.89. The van der Waals surface area contributed by atoms with E-state index in [1.54, 1.807) is 6.92 Å². The maximum Gasteiger partial charge on any atom is 0.156 e. The average Bonchev–Trinajstić information content (AvgIpc) is 1.82. The van der Waals surface area contributed by atoms with Crippen LogP contribution in [0.1, 0.15) is 13.3 Å². The quantitative estimate of drug-likeness (QED) is 0.461. The second-order valence-electron chi connectivity index (χ2n) is 2.69. The second kappa shape index (κ2) is 4.23. The monoisotopic (exact) mass is 183 g/mol. The van der Waals surface area contributed by atoms with Crippen molar-refractivity contribution >= 4 is 12.4 Å². The van der Waals surface area contributed by atoms with Gasteiger partial charge in [0.2, 0.25) is 0 Å². The second-order valence-corrected chi connectivity index (χ2v) is 2.69. The van der Waals surface area contributed by atoms with Crippen molar-refractivity contribution in [2.24, 2.45) is 5.73 Å². The minimum absolute atomic E-state index is 0. The van der Waals surface area contributed by atoms with E-state index in [4.69, 9.17) is 15.6 Å². The van der Waals surface area contributed by atoms with Crippen molar-refractivity contribution < 1.29 is 14.9 Å². The van der Waals surface area contributed by atoms with Crippen molar-refractivity contribution in [1.29, 1.82) is 0 Å². The smallest absolute Gasteiger partial charge is 0.156 e. The Morgan fingerprint density at radius 2 is 2.00 bits per heavy atom. The lowest BCUT2D eigenvalue weighted by Gasteiger charge is -2.33. The third-order valence-corrected chi connectivity index (χ3v) is 1.77. The predicted octanol–water partition coefficient (Wildman–Crippen LogP) is -0.776. The fourth-order valence-electron chi connectivity index (χ4n) is 1.10. The number of aliphatic hydroxyl groups is 2. The molecule has 0 aliphatic carbocycles. The van der Waals surface area contributed by atoms with Gasteiger partial charge in [0.05, 0.1) is 12.2 Å². The maximum atomic E-state index is 9.20. The molecule has 1 saturated heterocycles. The van der Waals surface area contributed by atoms with Crippen LogP contribution >= 0.6 is 12.4 Å². The van der Waals surface area contributed by atoms with Crippen LogP contribution in [0, 0.1) is 0 Å². The first kappa shape index (κ1) is 11.1. The van der Waals surface area contributed by atoms with Crippen LogP contribution in [-0.2, 0) is 4.74 Å². The number of halogens is 1. The molecule has 4 nitrogen and oxygen atoms in total. The van der Waals surface area contributed by atoms with Crippen LogP contribution in [0.4, 0.5) is 0 Å². The van der Waals surface area contributed by atoms with Crippen LogP contribution < -0.4 is 5.73 Å². The SMILES string of the molecule is C[C@@H]1O[C@H](O)C[C@@H](N)[C@H]1O.Cl. The van der Waals surface area contributed by atoms with Gasteiger partial charge in [-0.2, -0.15) is 0 Å². The lowest BCUT2D eigenvalue weighted by atomic mass is 10.0. The lowest BCUT2D eigenvalue weighted by molar-refractivity contribution is -0.198. The molecule has 0 unspecified atom stereocenters. The molecule has 0 amide bonds. The van der Waals surface area contributed by atoms with Crippen LogP contribution in [0.3, 0.4) is 0 Å². The summed E-state index contributed by atoms with van der Waals surface area (Å²) in [6, 6.07) is -0.362. The third kappa shape index (κ3) is 2.57. The number of hydrogen-bond donors (Lipinski definition) is 3. The van der Waals surface area contributed by atoms with E-state index in [2.05, 4.69) is 0 Å². The predicted molar refractivity (Wildman–Crippen MR) is 42.4 cm³/mol. The Kier molecular flexibility index (Phi) is 4.28. The molecule has 4 atom stereocenters. The topological polar surface area (TPSA) is 75.7 Å². The van der Waals surface area contributed by atoms with Crippen molar-refractivity contribution in [2.75, 3.05) is 0 Å². The summed E-state index contributed by atoms with van der Waals surface area (Å²) >= 11 is 0. The summed E-state index contributed by atoms with van der Waals surface area (Å²) in [4.78, 5) is 0. The van der Waals surface area contributed by atoms with Gasteiger partial charge in [-0.05, 0) is 6.92 Å². The Hall–Kier alpha value is 0.130. The van der Waals surface area contributed by atoms with E-state index >= 15 is 0 Å². The molecule has 11 heavy (non-hydrogen) atoms. The fraction of sp³-hybridized carbons (Fsp3) is 1.00. The molecule has 0 bridgehead atoms. The van der Waals surface area contributed by atoms with E-state index in [9.17, 15) is 5.11 Å². The van der Waals surface area contributed by atoms with Crippen molar-refractivity contribution in [1.82, 2.24) is 0 Å². The lowest BCUT2D eigenvalue weighted by Crippen LogP contribution is -2.51. The van der Waals surface area contributed by atoms with Crippen LogP contribution in [0.25, 0.3) is 0 Å². The van der Waals surface area contributed by atoms with Crippen LogP contribution in [0.15, 0.2) is 0 Å². The maximum absolute atomic E-state index is 9.20. The standard InChI is InChI=1S/C6H13NO3.ClH/c1-3-6(9)4(7)2-5(8)10-3;/h3-6,8-9H,2,7H2,1H3;1H/t3-,4+,5-,6-;/m0./s1. The largest absolute Gasteiger partial charge is 0.389 e. The van der Waals surface area contributed by atoms with Gasteiger partial charge in [-0.25, -0.2) is 0 Å². The van der Waals surface area contributed by atoms with Crippen molar-refractivity contribution in [3.05, 3.63) is 0 Å². The molecule has 1 heterocycles. The zero-order valence-electron chi connectivity index (χ0n) is 6.30. The molecule has 0 spiro atoms. The van der Waals surface area contributed by atoms with E-state index in [0.717, 1.165) is 0 Å². The van der Waals surface area contributed by atoms with Gasteiger partial charge in [0.1, 0.15) is 0 Å². The van der Waals surface area contributed by atoms with Gasteiger partial charge in [0.25, 0.3) is 0 Å². The Bertz CT molecular complexity index is 112. The van der Waals surface area contributed by atoms with Crippen LogP contribution in [0.2, 0.25) is 0 Å². The van der Waals surface area contributed by atoms with Gasteiger partial charge in [-0.15, -0.1) is 12.4 Å². The van der Waals surface area contributed by atoms with Gasteiger partial charge < -0.3 is 20.7 Å². The summed E-state index contributed by atoms with van der Waals surface area (Å²) in [7, 11) is 0. The Balaban J connectivity index is 0.000001000. The van der Waals surface area contributed by atoms with Gasteiger partial charge in [-0.1, -0.05) is 0 Å². The van der Waals surface area contributed by atoms with E-state index in [0.29, 0.717) is 6.42 Å². The van der Waals surface area contributed by atoms with Crippen molar-refractivity contribution in [3.8, 4) is 0 Å². The third-order valence-electron chi connectivity index (χ3n) is 1.77. The molecular weight excluding hydrogens is 170 g/mol. The van der Waals surface area contributed by atoms with Crippen LogP contribution in [-0.4, -0.2) is 34.8 Å². The number of rotatable bonds is 0. The zero-order valence-corrected chi connectivity index (χ0v) is 7.12. The minimum atomic E-state index is -0.812. The van der Waals surface area contributed by atoms with Gasteiger partial charge >= 0.3 is 0 Å². The van der Waals surface area contributed by atoms with Crippen LogP contribution in [0.5, 0.6) is 0 Å². The summed E-state index contributed by atoms with van der Waals surface area (Å²) in [5.74, 6) is 0. The molecule has 1 fully saturated rings. The highest BCUT2D eigenvalue weighted by molar-refractivity contribution is 5.85. The summed E-state index contributed by atoms with van der Waals surface area (Å²) in [6.45, 7) is 1.69. The molecule has 0 aromatic rings. The van der Waals surface area contributed by atoms with Gasteiger partial charge in [-0.3, -0.25) is 0 Å². The van der Waals surface area contributed by atoms with Gasteiger partial charge in [0.15, 0.2) is 6.29 Å². The minimum Gasteiger partial charge on any atom is -0.389 e. The normalized spacial score (nSPS) is 44.7. The number of aliphatic hydroxyl groups excluding tert-OH is 2. The summed E-state index contributed by atoms with van der Waals surface area (Å²) in [5.41, 5.74) is 5.47.